The predicted molar refractivity (Wildman–Crippen MR) is 134 cm³/mol. The van der Waals surface area contributed by atoms with Crippen LogP contribution >= 0.6 is 11.9 Å². The number of anilines is 3. The molecule has 0 bridgehead atoms. The normalized spacial score (nSPS) is 11.4. The van der Waals surface area contributed by atoms with Gasteiger partial charge in [-0.3, -0.25) is 10.1 Å². The van der Waals surface area contributed by atoms with Gasteiger partial charge >= 0.3 is 0 Å². The first-order chi connectivity index (χ1) is 15.9. The molecule has 9 nitrogen and oxygen atoms in total. The van der Waals surface area contributed by atoms with Crippen molar-refractivity contribution in [3.8, 4) is 11.5 Å². The van der Waals surface area contributed by atoms with Gasteiger partial charge in [0.25, 0.3) is 5.70 Å². The van der Waals surface area contributed by atoms with Gasteiger partial charge in [-0.05, 0) is 31.0 Å². The molecule has 0 atom stereocenters. The number of rotatable bonds is 8. The zero-order chi connectivity index (χ0) is 24.4. The SMILES string of the molecule is C=C/C(=C\C(=C/C)SNc1nc2ccccc2nc1Nc1cc(O)cc(O)c1)[N+](=O)[O-].CC. The van der Waals surface area contributed by atoms with Crippen molar-refractivity contribution >= 4 is 40.3 Å². The van der Waals surface area contributed by atoms with Crippen molar-refractivity contribution in [1.29, 1.82) is 0 Å². The molecule has 4 N–H and O–H groups in total. The molecular formula is C23H25N5O4S. The molecule has 0 unspecified atom stereocenters. The van der Waals surface area contributed by atoms with Crippen LogP contribution in [0.5, 0.6) is 11.5 Å². The van der Waals surface area contributed by atoms with Gasteiger partial charge in [-0.25, -0.2) is 9.97 Å². The van der Waals surface area contributed by atoms with Crippen LogP contribution in [0.1, 0.15) is 20.8 Å². The molecule has 0 radical (unpaired) electrons. The maximum absolute atomic E-state index is 11.1. The van der Waals surface area contributed by atoms with Crippen LogP contribution in [-0.4, -0.2) is 25.1 Å². The second-order valence-electron chi connectivity index (χ2n) is 6.20. The minimum Gasteiger partial charge on any atom is -0.508 e. The second-order valence-corrected chi connectivity index (χ2v) is 7.08. The Labute approximate surface area is 195 Å². The van der Waals surface area contributed by atoms with Crippen LogP contribution in [0, 0.1) is 10.1 Å². The highest BCUT2D eigenvalue weighted by atomic mass is 32.2. The van der Waals surface area contributed by atoms with Crippen molar-refractivity contribution in [2.75, 3.05) is 10.0 Å². The molecule has 3 rings (SSSR count). The van der Waals surface area contributed by atoms with E-state index >= 15 is 0 Å². The number of aromatic nitrogens is 2. The Morgan fingerprint density at radius 1 is 1.09 bits per heavy atom. The Morgan fingerprint density at radius 2 is 1.67 bits per heavy atom. The van der Waals surface area contributed by atoms with E-state index in [0.717, 1.165) is 11.9 Å². The fraction of sp³-hybridized carbons (Fsp3) is 0.130. The number of benzene rings is 2. The zero-order valence-corrected chi connectivity index (χ0v) is 19.3. The van der Waals surface area contributed by atoms with E-state index < -0.39 is 4.92 Å². The molecule has 10 heteroatoms. The molecule has 1 heterocycles. The lowest BCUT2D eigenvalue weighted by Gasteiger charge is -2.13. The van der Waals surface area contributed by atoms with Crippen molar-refractivity contribution in [1.82, 2.24) is 9.97 Å². The highest BCUT2D eigenvalue weighted by Gasteiger charge is 2.12. The molecular weight excluding hydrogens is 442 g/mol. The van der Waals surface area contributed by atoms with Crippen LogP contribution in [0.15, 0.2) is 77.9 Å². The number of phenols is 2. The average molecular weight is 468 g/mol. The van der Waals surface area contributed by atoms with Crippen molar-refractivity contribution in [3.05, 3.63) is 88.0 Å². The molecule has 33 heavy (non-hydrogen) atoms. The first-order valence-corrected chi connectivity index (χ1v) is 10.9. The summed E-state index contributed by atoms with van der Waals surface area (Å²) in [5, 5.41) is 33.6. The molecule has 3 aromatic rings. The summed E-state index contributed by atoms with van der Waals surface area (Å²) in [6.45, 7) is 9.21. The standard InChI is InChI=1S/C21H19N5O4S.C2H6/c1-3-14(26(29)30)11-17(4-2)31-25-21-20(22-13-9-15(27)12-16(28)10-13)23-18-7-5-6-8-19(18)24-21;1-2/h3-12,27-28H,1H2,2H3,(H,22,23)(H,24,25);1-2H3/b14-11+,17-4+;. The smallest absolute Gasteiger partial charge is 0.270 e. The minimum absolute atomic E-state index is 0.113. The van der Waals surface area contributed by atoms with Crippen molar-refractivity contribution < 1.29 is 15.1 Å². The van der Waals surface area contributed by atoms with Crippen LogP contribution in [-0.2, 0) is 0 Å². The third-order valence-corrected chi connectivity index (χ3v) is 4.88. The van der Waals surface area contributed by atoms with Crippen LogP contribution in [0.25, 0.3) is 11.0 Å². The number of fused-ring (bicyclic) bond motifs is 1. The molecule has 0 amide bonds. The Balaban J connectivity index is 0.00000187. The lowest BCUT2D eigenvalue weighted by atomic mass is 10.2. The third kappa shape index (κ3) is 6.97. The van der Waals surface area contributed by atoms with E-state index in [-0.39, 0.29) is 17.2 Å². The summed E-state index contributed by atoms with van der Waals surface area (Å²) in [4.78, 5) is 20.2. The van der Waals surface area contributed by atoms with Gasteiger partial charge in [0, 0.05) is 40.9 Å². The average Bonchev–Trinajstić information content (AvgIpc) is 2.79. The summed E-state index contributed by atoms with van der Waals surface area (Å²) in [7, 11) is 0. The maximum Gasteiger partial charge on any atom is 0.270 e. The summed E-state index contributed by atoms with van der Waals surface area (Å²) in [5.74, 6) is 0.478. The topological polar surface area (TPSA) is 133 Å². The fourth-order valence-corrected chi connectivity index (χ4v) is 3.23. The number of nitrogens with zero attached hydrogens (tertiary/aromatic N) is 3. The predicted octanol–water partition coefficient (Wildman–Crippen LogP) is 6.12. The van der Waals surface area contributed by atoms with Gasteiger partial charge in [-0.2, -0.15) is 0 Å². The molecule has 0 aliphatic carbocycles. The highest BCUT2D eigenvalue weighted by molar-refractivity contribution is 8.04. The third-order valence-electron chi connectivity index (χ3n) is 4.00. The number of allylic oxidation sites excluding steroid dienone is 3. The Kier molecular flexibility index (Phi) is 9.25. The summed E-state index contributed by atoms with van der Waals surface area (Å²) >= 11 is 1.12. The molecule has 0 saturated heterocycles. The molecule has 1 aromatic heterocycles. The van der Waals surface area contributed by atoms with Crippen LogP contribution in [0.4, 0.5) is 17.3 Å². The number of phenolic OH excluding ortho intramolecular Hbond substituents is 2. The molecule has 0 aliphatic rings. The van der Waals surface area contributed by atoms with Gasteiger partial charge < -0.3 is 20.3 Å². The van der Waals surface area contributed by atoms with Gasteiger partial charge in [-0.1, -0.05) is 38.6 Å². The number of aromatic hydroxyl groups is 2. The van der Waals surface area contributed by atoms with E-state index in [1.54, 1.807) is 25.1 Å². The van der Waals surface area contributed by atoms with E-state index in [9.17, 15) is 20.3 Å². The zero-order valence-electron chi connectivity index (χ0n) is 18.4. The highest BCUT2D eigenvalue weighted by Crippen LogP contribution is 2.31. The van der Waals surface area contributed by atoms with Crippen molar-refractivity contribution in [3.63, 3.8) is 0 Å². The summed E-state index contributed by atoms with van der Waals surface area (Å²) < 4.78 is 3.06. The van der Waals surface area contributed by atoms with Crippen LogP contribution in [0.2, 0.25) is 0 Å². The fourth-order valence-electron chi connectivity index (χ4n) is 2.57. The molecule has 0 fully saturated rings. The summed E-state index contributed by atoms with van der Waals surface area (Å²) in [6.07, 6.45) is 4.26. The van der Waals surface area contributed by atoms with Crippen molar-refractivity contribution in [2.24, 2.45) is 0 Å². The summed E-state index contributed by atoms with van der Waals surface area (Å²) in [5.41, 5.74) is 1.55. The number of nitro groups is 1. The van der Waals surface area contributed by atoms with Gasteiger partial charge in [0.05, 0.1) is 16.0 Å². The second kappa shape index (κ2) is 12.1. The van der Waals surface area contributed by atoms with E-state index in [2.05, 4.69) is 26.6 Å². The Bertz CT molecular complexity index is 1190. The number of para-hydroxylation sites is 2. The van der Waals surface area contributed by atoms with E-state index in [0.29, 0.717) is 33.3 Å². The van der Waals surface area contributed by atoms with E-state index in [4.69, 9.17) is 0 Å². The first-order valence-electron chi connectivity index (χ1n) is 10.0. The maximum atomic E-state index is 11.1. The Morgan fingerprint density at radius 3 is 2.18 bits per heavy atom. The van der Waals surface area contributed by atoms with Gasteiger partial charge in [0.1, 0.15) is 11.5 Å². The monoisotopic (exact) mass is 467 g/mol. The van der Waals surface area contributed by atoms with Crippen LogP contribution < -0.4 is 10.0 Å². The van der Waals surface area contributed by atoms with Gasteiger partial charge in [-0.15, -0.1) is 0 Å². The molecule has 172 valence electrons. The summed E-state index contributed by atoms with van der Waals surface area (Å²) in [6, 6.07) is 11.4. The molecule has 2 aromatic carbocycles. The minimum atomic E-state index is -0.520. The number of hydrogen-bond donors (Lipinski definition) is 4. The van der Waals surface area contributed by atoms with E-state index in [1.807, 2.05) is 26.0 Å². The molecule has 0 aliphatic heterocycles. The van der Waals surface area contributed by atoms with Gasteiger partial charge in [0.15, 0.2) is 11.6 Å². The largest absolute Gasteiger partial charge is 0.508 e. The lowest BCUT2D eigenvalue weighted by molar-refractivity contribution is -0.418. The van der Waals surface area contributed by atoms with Crippen LogP contribution in [0.3, 0.4) is 0 Å². The molecule has 0 spiro atoms. The lowest BCUT2D eigenvalue weighted by Crippen LogP contribution is -2.02. The quantitative estimate of drug-likeness (QED) is 0.134. The Hall–Kier alpha value is -4.05. The number of hydrogen-bond acceptors (Lipinski definition) is 9. The number of nitrogens with one attached hydrogen (secondary N) is 2. The van der Waals surface area contributed by atoms with Crippen molar-refractivity contribution in [2.45, 2.75) is 20.8 Å². The first kappa shape index (κ1) is 25.2. The van der Waals surface area contributed by atoms with E-state index in [1.165, 1.54) is 30.4 Å². The molecule has 0 saturated carbocycles. The van der Waals surface area contributed by atoms with Gasteiger partial charge in [0.2, 0.25) is 0 Å².